The molecule has 4 aromatic heterocycles. The molecule has 2 amide bonds. The van der Waals surface area contributed by atoms with Crippen LogP contribution in [0.3, 0.4) is 0 Å². The molecule has 1 aromatic carbocycles. The van der Waals surface area contributed by atoms with Gasteiger partial charge in [0.05, 0.1) is 58.9 Å². The highest BCUT2D eigenvalue weighted by atomic mass is 79.9. The van der Waals surface area contributed by atoms with Gasteiger partial charge in [-0.1, -0.05) is 46.3 Å². The number of aromatic nitrogens is 6. The number of nitrogens with one attached hydrogen (secondary N) is 2. The minimum Gasteiger partial charge on any atom is -0.366 e. The first-order valence-electron chi connectivity index (χ1n) is 19.2. The smallest absolute Gasteiger partial charge is 0.257 e. The fourth-order valence-corrected chi connectivity index (χ4v) is 8.00. The van der Waals surface area contributed by atoms with Crippen molar-refractivity contribution >= 4 is 50.8 Å². The van der Waals surface area contributed by atoms with Crippen LogP contribution in [0.15, 0.2) is 133 Å². The standard InChI is InChI=1S/C43H43BrN12O2/c1-29(2)30-7-8-35(51-42(57)31-5-3-9-45-24-31)38(21-30)53-13-19-56(20-14-53)41-28-49-37(26-50-41)33-22-36(52-43(58)32-6-4-10-46-25-32)39(23-34(33)44)54-15-17-55(18-16-54)40-27-47-11-12-48-40/h3-12,21-28,35,38H,1,13-20H2,2H3,(H,51,57)(H,52,58). The molecule has 294 valence electrons. The maximum absolute atomic E-state index is 13.5. The Morgan fingerprint density at radius 3 is 2.02 bits per heavy atom. The molecule has 2 saturated heterocycles. The SMILES string of the molecule is C=C(C)C1=CC(N2CCN(c3cnc(-c4cc(NC(=O)c5cccnc5)c(N5CCN(c6cnccn6)CC5)cc4Br)cn3)CC2)C(NC(=O)c2cccnc2)C=C1. The molecule has 0 spiro atoms. The summed E-state index contributed by atoms with van der Waals surface area (Å²) in [5, 5.41) is 6.36. The molecule has 2 N–H and O–H groups in total. The molecule has 5 aromatic rings. The van der Waals surface area contributed by atoms with Gasteiger partial charge in [0.2, 0.25) is 0 Å². The van der Waals surface area contributed by atoms with Crippen LogP contribution in [0.2, 0.25) is 0 Å². The van der Waals surface area contributed by atoms with E-state index in [1.807, 2.05) is 31.3 Å². The van der Waals surface area contributed by atoms with Crippen molar-refractivity contribution in [2.24, 2.45) is 0 Å². The summed E-state index contributed by atoms with van der Waals surface area (Å²) in [6, 6.07) is 10.8. The van der Waals surface area contributed by atoms with E-state index >= 15 is 0 Å². The number of amides is 2. The minimum atomic E-state index is -0.251. The van der Waals surface area contributed by atoms with Crippen molar-refractivity contribution in [3.63, 3.8) is 0 Å². The van der Waals surface area contributed by atoms with Crippen molar-refractivity contribution in [1.29, 1.82) is 0 Å². The number of allylic oxidation sites excluding steroid dienone is 3. The second kappa shape index (κ2) is 17.4. The summed E-state index contributed by atoms with van der Waals surface area (Å²) in [7, 11) is 0. The molecule has 58 heavy (non-hydrogen) atoms. The summed E-state index contributed by atoms with van der Waals surface area (Å²) in [5.74, 6) is 1.22. The van der Waals surface area contributed by atoms with Crippen LogP contribution >= 0.6 is 15.9 Å². The number of anilines is 4. The van der Waals surface area contributed by atoms with Crippen LogP contribution in [0, 0.1) is 0 Å². The quantitative estimate of drug-likeness (QED) is 0.185. The Labute approximate surface area is 345 Å². The fourth-order valence-electron chi connectivity index (χ4n) is 7.46. The number of rotatable bonds is 10. The third kappa shape index (κ3) is 8.65. The summed E-state index contributed by atoms with van der Waals surface area (Å²) in [4.78, 5) is 62.4. The van der Waals surface area contributed by atoms with E-state index in [1.54, 1.807) is 73.8 Å². The Kier molecular flexibility index (Phi) is 11.6. The molecular weight excluding hydrogens is 796 g/mol. The summed E-state index contributed by atoms with van der Waals surface area (Å²) in [6.45, 7) is 12.1. The molecule has 2 aliphatic heterocycles. The summed E-state index contributed by atoms with van der Waals surface area (Å²) >= 11 is 3.82. The van der Waals surface area contributed by atoms with Crippen LogP contribution in [0.25, 0.3) is 11.3 Å². The molecule has 3 aliphatic rings. The zero-order chi connectivity index (χ0) is 40.0. The van der Waals surface area contributed by atoms with E-state index in [-0.39, 0.29) is 23.9 Å². The Morgan fingerprint density at radius 2 is 1.40 bits per heavy atom. The van der Waals surface area contributed by atoms with Gasteiger partial charge in [0.15, 0.2) is 0 Å². The minimum absolute atomic E-state index is 0.0388. The van der Waals surface area contributed by atoms with Crippen LogP contribution in [-0.4, -0.2) is 111 Å². The topological polar surface area (TPSA) is 148 Å². The molecule has 0 bridgehead atoms. The highest BCUT2D eigenvalue weighted by Crippen LogP contribution is 2.38. The van der Waals surface area contributed by atoms with Gasteiger partial charge < -0.3 is 25.3 Å². The molecule has 2 unspecified atom stereocenters. The largest absolute Gasteiger partial charge is 0.366 e. The Morgan fingerprint density at radius 1 is 0.741 bits per heavy atom. The second-order valence-corrected chi connectivity index (χ2v) is 15.2. The predicted molar refractivity (Wildman–Crippen MR) is 229 cm³/mol. The number of nitrogens with zero attached hydrogens (tertiary/aromatic N) is 10. The number of benzene rings is 1. The molecule has 6 heterocycles. The van der Waals surface area contributed by atoms with E-state index in [0.717, 1.165) is 90.9 Å². The molecule has 15 heteroatoms. The van der Waals surface area contributed by atoms with Gasteiger partial charge in [-0.3, -0.25) is 34.4 Å². The van der Waals surface area contributed by atoms with Crippen LogP contribution in [-0.2, 0) is 0 Å². The Balaban J connectivity index is 0.975. The van der Waals surface area contributed by atoms with Crippen molar-refractivity contribution in [1.82, 2.24) is 40.1 Å². The predicted octanol–water partition coefficient (Wildman–Crippen LogP) is 5.43. The molecule has 0 radical (unpaired) electrons. The molecule has 0 saturated carbocycles. The highest BCUT2D eigenvalue weighted by molar-refractivity contribution is 9.10. The van der Waals surface area contributed by atoms with Gasteiger partial charge in [0.1, 0.15) is 11.6 Å². The van der Waals surface area contributed by atoms with Crippen molar-refractivity contribution < 1.29 is 9.59 Å². The first-order valence-corrected chi connectivity index (χ1v) is 20.0. The number of carbonyl (C=O) groups is 2. The van der Waals surface area contributed by atoms with E-state index in [9.17, 15) is 9.59 Å². The van der Waals surface area contributed by atoms with Crippen molar-refractivity contribution in [3.05, 3.63) is 144 Å². The molecule has 14 nitrogen and oxygen atoms in total. The lowest BCUT2D eigenvalue weighted by atomic mass is 9.92. The van der Waals surface area contributed by atoms with E-state index in [0.29, 0.717) is 22.5 Å². The Bertz CT molecular complexity index is 2310. The van der Waals surface area contributed by atoms with Gasteiger partial charge in [-0.2, -0.15) is 0 Å². The van der Waals surface area contributed by atoms with Crippen molar-refractivity contribution in [3.8, 4) is 11.3 Å². The number of piperazine rings is 2. The lowest BCUT2D eigenvalue weighted by molar-refractivity contribution is 0.0918. The summed E-state index contributed by atoms with van der Waals surface area (Å²) in [6.07, 6.45) is 21.5. The third-order valence-electron chi connectivity index (χ3n) is 10.6. The van der Waals surface area contributed by atoms with Crippen LogP contribution < -0.4 is 25.3 Å². The fraction of sp³-hybridized carbons (Fsp3) is 0.256. The van der Waals surface area contributed by atoms with Gasteiger partial charge in [-0.05, 0) is 48.9 Å². The second-order valence-electron chi connectivity index (χ2n) is 14.4. The molecule has 1 aliphatic carbocycles. The highest BCUT2D eigenvalue weighted by Gasteiger charge is 2.32. The molecule has 8 rings (SSSR count). The zero-order valence-electron chi connectivity index (χ0n) is 32.1. The van der Waals surface area contributed by atoms with E-state index in [4.69, 9.17) is 9.97 Å². The summed E-state index contributed by atoms with van der Waals surface area (Å²) in [5.41, 5.74) is 6.08. The molecule has 2 fully saturated rings. The first kappa shape index (κ1) is 38.5. The Hall–Kier alpha value is -6.32. The lowest BCUT2D eigenvalue weighted by Crippen LogP contribution is -2.57. The van der Waals surface area contributed by atoms with Crippen molar-refractivity contribution in [2.45, 2.75) is 19.0 Å². The maximum atomic E-state index is 13.5. The third-order valence-corrected chi connectivity index (χ3v) is 11.3. The average Bonchev–Trinajstić information content (AvgIpc) is 3.28. The van der Waals surface area contributed by atoms with E-state index < -0.39 is 0 Å². The van der Waals surface area contributed by atoms with Gasteiger partial charge in [-0.15, -0.1) is 0 Å². The van der Waals surface area contributed by atoms with Crippen molar-refractivity contribution in [2.75, 3.05) is 72.4 Å². The van der Waals surface area contributed by atoms with E-state index in [1.165, 1.54) is 0 Å². The van der Waals surface area contributed by atoms with Gasteiger partial charge in [-0.25, -0.2) is 9.97 Å². The van der Waals surface area contributed by atoms with Crippen LogP contribution in [0.5, 0.6) is 0 Å². The van der Waals surface area contributed by atoms with Crippen LogP contribution in [0.1, 0.15) is 27.6 Å². The number of carbonyl (C=O) groups excluding carboxylic acids is 2. The number of halogens is 1. The number of hydrogen-bond acceptors (Lipinski definition) is 12. The molecular formula is C43H43BrN12O2. The number of pyridine rings is 2. The van der Waals surface area contributed by atoms with Gasteiger partial charge >= 0.3 is 0 Å². The van der Waals surface area contributed by atoms with Gasteiger partial charge in [0.25, 0.3) is 11.8 Å². The maximum Gasteiger partial charge on any atom is 0.257 e. The first-order chi connectivity index (χ1) is 28.3. The van der Waals surface area contributed by atoms with Gasteiger partial charge in [0, 0.05) is 99.6 Å². The zero-order valence-corrected chi connectivity index (χ0v) is 33.7. The normalized spacial score (nSPS) is 18.4. The lowest BCUT2D eigenvalue weighted by Gasteiger charge is -2.42. The summed E-state index contributed by atoms with van der Waals surface area (Å²) < 4.78 is 0.836. The number of hydrogen-bond donors (Lipinski definition) is 2. The average molecular weight is 840 g/mol. The van der Waals surface area contributed by atoms with E-state index in [2.05, 4.69) is 84.8 Å². The monoisotopic (exact) mass is 838 g/mol. The van der Waals surface area contributed by atoms with Crippen LogP contribution in [0.4, 0.5) is 23.0 Å². The molecule has 2 atom stereocenters.